The molecular formula is C13H17BrN2O. The lowest BCUT2D eigenvalue weighted by atomic mass is 10.0. The smallest absolute Gasteiger partial charge is 0.241 e. The van der Waals surface area contributed by atoms with Gasteiger partial charge < -0.3 is 10.6 Å². The molecule has 4 heteroatoms. The minimum absolute atomic E-state index is 0.0345. The maximum atomic E-state index is 12.0. The number of hydrogen-bond acceptors (Lipinski definition) is 2. The van der Waals surface area contributed by atoms with E-state index in [1.54, 1.807) is 0 Å². The summed E-state index contributed by atoms with van der Waals surface area (Å²) in [6.45, 7) is 2.95. The zero-order valence-corrected chi connectivity index (χ0v) is 11.5. The average Bonchev–Trinajstić information content (AvgIpc) is 2.35. The summed E-state index contributed by atoms with van der Waals surface area (Å²) < 4.78 is 1.06. The Labute approximate surface area is 110 Å². The van der Waals surface area contributed by atoms with Crippen molar-refractivity contribution in [2.24, 2.45) is 0 Å². The molecule has 92 valence electrons. The van der Waals surface area contributed by atoms with E-state index in [2.05, 4.69) is 26.6 Å². The Kier molecular flexibility index (Phi) is 4.18. The number of amides is 1. The molecule has 1 heterocycles. The van der Waals surface area contributed by atoms with Crippen LogP contribution in [0.1, 0.15) is 24.8 Å². The number of nitrogens with one attached hydrogen (secondary N) is 2. The lowest BCUT2D eigenvalue weighted by Gasteiger charge is -2.22. The third-order valence-corrected chi connectivity index (χ3v) is 3.94. The molecule has 1 aliphatic rings. The van der Waals surface area contributed by atoms with E-state index in [4.69, 9.17) is 0 Å². The van der Waals surface area contributed by atoms with Crippen molar-refractivity contribution in [3.05, 3.63) is 28.2 Å². The molecule has 2 rings (SSSR count). The average molecular weight is 297 g/mol. The summed E-state index contributed by atoms with van der Waals surface area (Å²) in [5.74, 6) is 0.0754. The summed E-state index contributed by atoms with van der Waals surface area (Å²) in [4.78, 5) is 12.0. The van der Waals surface area contributed by atoms with Crippen LogP contribution in [0.4, 0.5) is 5.69 Å². The lowest BCUT2D eigenvalue weighted by molar-refractivity contribution is -0.118. The predicted octanol–water partition coefficient (Wildman–Crippen LogP) is 2.84. The van der Waals surface area contributed by atoms with Crippen molar-refractivity contribution in [3.8, 4) is 0 Å². The van der Waals surface area contributed by atoms with Gasteiger partial charge in [-0.1, -0.05) is 22.4 Å². The number of piperidine rings is 1. The second-order valence-corrected chi connectivity index (χ2v) is 5.31. The van der Waals surface area contributed by atoms with E-state index in [9.17, 15) is 4.79 Å². The Bertz CT molecular complexity index is 414. The summed E-state index contributed by atoms with van der Waals surface area (Å²) >= 11 is 3.45. The second-order valence-electron chi connectivity index (χ2n) is 4.46. The van der Waals surface area contributed by atoms with Crippen LogP contribution in [0.5, 0.6) is 0 Å². The van der Waals surface area contributed by atoms with Crippen LogP contribution in [-0.2, 0) is 4.79 Å². The van der Waals surface area contributed by atoms with E-state index < -0.39 is 0 Å². The van der Waals surface area contributed by atoms with Crippen LogP contribution in [-0.4, -0.2) is 18.5 Å². The molecule has 2 N–H and O–H groups in total. The highest BCUT2D eigenvalue weighted by Crippen LogP contribution is 2.20. The van der Waals surface area contributed by atoms with Crippen LogP contribution in [0.25, 0.3) is 0 Å². The van der Waals surface area contributed by atoms with Gasteiger partial charge in [-0.25, -0.2) is 0 Å². The SMILES string of the molecule is Cc1cc(NC(=O)[C@@H]2CCCCN2)ccc1Br. The maximum absolute atomic E-state index is 12.0. The normalized spacial score (nSPS) is 20.0. The van der Waals surface area contributed by atoms with Gasteiger partial charge in [-0.15, -0.1) is 0 Å². The van der Waals surface area contributed by atoms with Gasteiger partial charge in [0.1, 0.15) is 0 Å². The first-order valence-electron chi connectivity index (χ1n) is 5.97. The molecule has 1 amide bonds. The standard InChI is InChI=1S/C13H17BrN2O/c1-9-8-10(5-6-11(9)14)16-13(17)12-4-2-3-7-15-12/h5-6,8,12,15H,2-4,7H2,1H3,(H,16,17)/t12-/m0/s1. The maximum Gasteiger partial charge on any atom is 0.241 e. The number of rotatable bonds is 2. The molecule has 1 atom stereocenters. The number of halogens is 1. The fourth-order valence-corrected chi connectivity index (χ4v) is 2.27. The molecular weight excluding hydrogens is 280 g/mol. The molecule has 0 unspecified atom stereocenters. The highest BCUT2D eigenvalue weighted by atomic mass is 79.9. The van der Waals surface area contributed by atoms with Gasteiger partial charge >= 0.3 is 0 Å². The monoisotopic (exact) mass is 296 g/mol. The summed E-state index contributed by atoms with van der Waals surface area (Å²) in [7, 11) is 0. The minimum Gasteiger partial charge on any atom is -0.325 e. The highest BCUT2D eigenvalue weighted by molar-refractivity contribution is 9.10. The number of benzene rings is 1. The van der Waals surface area contributed by atoms with Gasteiger partial charge in [0.25, 0.3) is 0 Å². The number of anilines is 1. The molecule has 1 fully saturated rings. The van der Waals surface area contributed by atoms with Gasteiger partial charge in [-0.3, -0.25) is 4.79 Å². The van der Waals surface area contributed by atoms with E-state index in [0.717, 1.165) is 35.1 Å². The largest absolute Gasteiger partial charge is 0.325 e. The molecule has 3 nitrogen and oxygen atoms in total. The summed E-state index contributed by atoms with van der Waals surface area (Å²) in [5, 5.41) is 6.20. The lowest BCUT2D eigenvalue weighted by Crippen LogP contribution is -2.43. The van der Waals surface area contributed by atoms with Gasteiger partial charge in [0.05, 0.1) is 6.04 Å². The van der Waals surface area contributed by atoms with Crippen LogP contribution in [0, 0.1) is 6.92 Å². The molecule has 0 aliphatic carbocycles. The molecule has 1 aromatic rings. The first-order valence-corrected chi connectivity index (χ1v) is 6.76. The van der Waals surface area contributed by atoms with Crippen molar-refractivity contribution in [2.45, 2.75) is 32.2 Å². The predicted molar refractivity (Wildman–Crippen MR) is 73.2 cm³/mol. The summed E-state index contributed by atoms with van der Waals surface area (Å²) in [5.41, 5.74) is 1.99. The zero-order valence-electron chi connectivity index (χ0n) is 9.92. The highest BCUT2D eigenvalue weighted by Gasteiger charge is 2.20. The van der Waals surface area contributed by atoms with Crippen LogP contribution in [0.3, 0.4) is 0 Å². The van der Waals surface area contributed by atoms with Crippen LogP contribution in [0.2, 0.25) is 0 Å². The van der Waals surface area contributed by atoms with Gasteiger partial charge in [-0.05, 0) is 50.1 Å². The molecule has 1 aliphatic heterocycles. The van der Waals surface area contributed by atoms with Crippen molar-refractivity contribution >= 4 is 27.5 Å². The van der Waals surface area contributed by atoms with Crippen LogP contribution >= 0.6 is 15.9 Å². The Morgan fingerprint density at radius 2 is 2.29 bits per heavy atom. The molecule has 0 aromatic heterocycles. The minimum atomic E-state index is -0.0345. The molecule has 0 spiro atoms. The number of aryl methyl sites for hydroxylation is 1. The Morgan fingerprint density at radius 1 is 1.47 bits per heavy atom. The van der Waals surface area contributed by atoms with Crippen molar-refractivity contribution in [3.63, 3.8) is 0 Å². The molecule has 1 aromatic carbocycles. The van der Waals surface area contributed by atoms with E-state index in [0.29, 0.717) is 0 Å². The van der Waals surface area contributed by atoms with Crippen molar-refractivity contribution in [1.82, 2.24) is 5.32 Å². The molecule has 0 saturated carbocycles. The van der Waals surface area contributed by atoms with Gasteiger partial charge in [0.15, 0.2) is 0 Å². The van der Waals surface area contributed by atoms with E-state index in [1.165, 1.54) is 6.42 Å². The van der Waals surface area contributed by atoms with E-state index in [-0.39, 0.29) is 11.9 Å². The fourth-order valence-electron chi connectivity index (χ4n) is 2.03. The van der Waals surface area contributed by atoms with E-state index >= 15 is 0 Å². The summed E-state index contributed by atoms with van der Waals surface area (Å²) in [6.07, 6.45) is 3.23. The van der Waals surface area contributed by atoms with Gasteiger partial charge in [0.2, 0.25) is 5.91 Å². The Balaban J connectivity index is 1.99. The Morgan fingerprint density at radius 3 is 2.94 bits per heavy atom. The molecule has 0 bridgehead atoms. The third kappa shape index (κ3) is 3.30. The number of hydrogen-bond donors (Lipinski definition) is 2. The molecule has 1 saturated heterocycles. The van der Waals surface area contributed by atoms with Gasteiger partial charge in [0, 0.05) is 10.2 Å². The second kappa shape index (κ2) is 5.65. The first kappa shape index (κ1) is 12.6. The summed E-state index contributed by atoms with van der Waals surface area (Å²) in [6, 6.07) is 5.81. The third-order valence-electron chi connectivity index (χ3n) is 3.05. The first-order chi connectivity index (χ1) is 8.16. The quantitative estimate of drug-likeness (QED) is 0.881. The molecule has 0 radical (unpaired) electrons. The number of carbonyl (C=O) groups excluding carboxylic acids is 1. The fraction of sp³-hybridized carbons (Fsp3) is 0.462. The number of carbonyl (C=O) groups is 1. The zero-order chi connectivity index (χ0) is 12.3. The van der Waals surface area contributed by atoms with Crippen LogP contribution < -0.4 is 10.6 Å². The van der Waals surface area contributed by atoms with Crippen molar-refractivity contribution < 1.29 is 4.79 Å². The Hall–Kier alpha value is -0.870. The topological polar surface area (TPSA) is 41.1 Å². The van der Waals surface area contributed by atoms with Crippen LogP contribution in [0.15, 0.2) is 22.7 Å². The van der Waals surface area contributed by atoms with Gasteiger partial charge in [-0.2, -0.15) is 0 Å². The van der Waals surface area contributed by atoms with Crippen molar-refractivity contribution in [1.29, 1.82) is 0 Å². The van der Waals surface area contributed by atoms with Crippen molar-refractivity contribution in [2.75, 3.05) is 11.9 Å². The molecule has 17 heavy (non-hydrogen) atoms. The van der Waals surface area contributed by atoms with E-state index in [1.807, 2.05) is 25.1 Å².